The summed E-state index contributed by atoms with van der Waals surface area (Å²) in [6.07, 6.45) is 6.72. The molecule has 2 aromatic heterocycles. The summed E-state index contributed by atoms with van der Waals surface area (Å²) in [5.74, 6) is 0.614. The molecule has 0 aliphatic heterocycles. The zero-order valence-corrected chi connectivity index (χ0v) is 12.9. The number of nitrogens with zero attached hydrogens (tertiary/aromatic N) is 1. The molecule has 0 radical (unpaired) electrons. The highest BCUT2D eigenvalue weighted by Crippen LogP contribution is 2.32. The molecule has 3 nitrogen and oxygen atoms in total. The topological polar surface area (TPSA) is 42.0 Å². The van der Waals surface area contributed by atoms with Crippen molar-refractivity contribution in [3.63, 3.8) is 0 Å². The van der Waals surface area contributed by atoms with E-state index < -0.39 is 0 Å². The van der Waals surface area contributed by atoms with Gasteiger partial charge in [0.1, 0.15) is 0 Å². The average Bonchev–Trinajstić information content (AvgIpc) is 3.04. The first-order valence-corrected chi connectivity index (χ1v) is 8.41. The van der Waals surface area contributed by atoms with Gasteiger partial charge in [0.05, 0.1) is 5.69 Å². The molecule has 20 heavy (non-hydrogen) atoms. The third kappa shape index (κ3) is 3.16. The van der Waals surface area contributed by atoms with Crippen molar-refractivity contribution >= 4 is 39.8 Å². The number of thiophene rings is 1. The second kappa shape index (κ2) is 5.89. The number of hydrogen-bond donors (Lipinski definition) is 1. The van der Waals surface area contributed by atoms with E-state index in [1.165, 1.54) is 17.0 Å². The van der Waals surface area contributed by atoms with Crippen LogP contribution < -0.4 is 5.32 Å². The second-order valence-electron chi connectivity index (χ2n) is 5.07. The minimum atomic E-state index is -0.113. The normalized spacial score (nSPS) is 18.1. The highest BCUT2D eigenvalue weighted by Gasteiger charge is 2.20. The lowest BCUT2D eigenvalue weighted by Crippen LogP contribution is -2.09. The molecule has 104 valence electrons. The Morgan fingerprint density at radius 3 is 3.25 bits per heavy atom. The van der Waals surface area contributed by atoms with E-state index in [0.717, 1.165) is 28.8 Å². The quantitative estimate of drug-likeness (QED) is 0.871. The van der Waals surface area contributed by atoms with Crippen LogP contribution in [0.3, 0.4) is 0 Å². The van der Waals surface area contributed by atoms with Gasteiger partial charge >= 0.3 is 0 Å². The standard InChI is InChI=1S/C15H16N2OS2/c1-10-4-6-12-13(9-10)20-15(16-12)17-14(18)7-5-11-3-2-8-19-11/h2-3,5,7-8,10H,4,6,9H2,1H3,(H,16,17,18)/b7-5+. The minimum absolute atomic E-state index is 0.113. The molecule has 0 aromatic carbocycles. The van der Waals surface area contributed by atoms with Crippen molar-refractivity contribution in [2.24, 2.45) is 5.92 Å². The molecule has 3 rings (SSSR count). The van der Waals surface area contributed by atoms with Crippen molar-refractivity contribution in [1.29, 1.82) is 0 Å². The fraction of sp³-hybridized carbons (Fsp3) is 0.333. The van der Waals surface area contributed by atoms with Crippen LogP contribution in [0.25, 0.3) is 6.08 Å². The molecule has 0 fully saturated rings. The molecule has 1 aliphatic rings. The Morgan fingerprint density at radius 1 is 1.55 bits per heavy atom. The van der Waals surface area contributed by atoms with E-state index >= 15 is 0 Å². The Balaban J connectivity index is 1.64. The zero-order chi connectivity index (χ0) is 13.9. The van der Waals surface area contributed by atoms with Gasteiger partial charge in [-0.25, -0.2) is 4.98 Å². The predicted molar refractivity (Wildman–Crippen MR) is 85.3 cm³/mol. The summed E-state index contributed by atoms with van der Waals surface area (Å²) >= 11 is 3.23. The van der Waals surface area contributed by atoms with Crippen molar-refractivity contribution in [3.8, 4) is 0 Å². The number of carbonyl (C=O) groups is 1. The number of anilines is 1. The van der Waals surface area contributed by atoms with Gasteiger partial charge in [-0.3, -0.25) is 10.1 Å². The maximum atomic E-state index is 11.9. The smallest absolute Gasteiger partial charge is 0.250 e. The number of aromatic nitrogens is 1. The number of amides is 1. The maximum Gasteiger partial charge on any atom is 0.250 e. The third-order valence-corrected chi connectivity index (χ3v) is 5.23. The number of nitrogens with one attached hydrogen (secondary N) is 1. The highest BCUT2D eigenvalue weighted by molar-refractivity contribution is 7.15. The first kappa shape index (κ1) is 13.5. The van der Waals surface area contributed by atoms with E-state index in [9.17, 15) is 4.79 Å². The SMILES string of the molecule is CC1CCc2nc(NC(=O)/C=C/c3cccs3)sc2C1. The van der Waals surface area contributed by atoms with E-state index in [-0.39, 0.29) is 5.91 Å². The lowest BCUT2D eigenvalue weighted by atomic mass is 9.93. The summed E-state index contributed by atoms with van der Waals surface area (Å²) in [4.78, 5) is 18.8. The Labute approximate surface area is 126 Å². The van der Waals surface area contributed by atoms with Crippen molar-refractivity contribution in [3.05, 3.63) is 39.0 Å². The molecule has 0 spiro atoms. The van der Waals surface area contributed by atoms with Crippen LogP contribution >= 0.6 is 22.7 Å². The minimum Gasteiger partial charge on any atom is -0.298 e. The molecule has 0 saturated carbocycles. The molecule has 1 unspecified atom stereocenters. The molecular weight excluding hydrogens is 288 g/mol. The van der Waals surface area contributed by atoms with Crippen molar-refractivity contribution < 1.29 is 4.79 Å². The van der Waals surface area contributed by atoms with Crippen LogP contribution in [0.1, 0.15) is 28.8 Å². The van der Waals surface area contributed by atoms with Gasteiger partial charge in [0.25, 0.3) is 0 Å². The molecule has 1 amide bonds. The van der Waals surface area contributed by atoms with Gasteiger partial charge in [-0.2, -0.15) is 0 Å². The van der Waals surface area contributed by atoms with Crippen LogP contribution in [0.15, 0.2) is 23.6 Å². The van der Waals surface area contributed by atoms with Gasteiger partial charge in [-0.15, -0.1) is 22.7 Å². The van der Waals surface area contributed by atoms with Crippen LogP contribution in [0.2, 0.25) is 0 Å². The Kier molecular flexibility index (Phi) is 3.98. The van der Waals surface area contributed by atoms with Gasteiger partial charge in [-0.05, 0) is 42.7 Å². The highest BCUT2D eigenvalue weighted by atomic mass is 32.1. The van der Waals surface area contributed by atoms with E-state index in [2.05, 4.69) is 17.2 Å². The van der Waals surface area contributed by atoms with Crippen LogP contribution in [0.4, 0.5) is 5.13 Å². The number of hydrogen-bond acceptors (Lipinski definition) is 4. The van der Waals surface area contributed by atoms with Crippen molar-refractivity contribution in [2.75, 3.05) is 5.32 Å². The Hall–Kier alpha value is -1.46. The number of fused-ring (bicyclic) bond motifs is 1. The van der Waals surface area contributed by atoms with Gasteiger partial charge < -0.3 is 0 Å². The van der Waals surface area contributed by atoms with Crippen molar-refractivity contribution in [2.45, 2.75) is 26.2 Å². The van der Waals surface area contributed by atoms with Crippen LogP contribution in [0.5, 0.6) is 0 Å². The summed E-state index contributed by atoms with van der Waals surface area (Å²) in [6.45, 7) is 2.27. The van der Waals surface area contributed by atoms with E-state index in [4.69, 9.17) is 0 Å². The average molecular weight is 304 g/mol. The van der Waals surface area contributed by atoms with E-state index in [1.54, 1.807) is 28.7 Å². The molecule has 5 heteroatoms. The monoisotopic (exact) mass is 304 g/mol. The Bertz CT molecular complexity index is 628. The van der Waals surface area contributed by atoms with Crippen LogP contribution in [0, 0.1) is 5.92 Å². The molecule has 2 heterocycles. The van der Waals surface area contributed by atoms with Gasteiger partial charge in [0.2, 0.25) is 5.91 Å². The van der Waals surface area contributed by atoms with E-state index in [1.807, 2.05) is 23.6 Å². The Morgan fingerprint density at radius 2 is 2.45 bits per heavy atom. The number of rotatable bonds is 3. The second-order valence-corrected chi connectivity index (χ2v) is 7.14. The fourth-order valence-electron chi connectivity index (χ4n) is 2.28. The molecule has 1 atom stereocenters. The summed E-state index contributed by atoms with van der Waals surface area (Å²) in [5.41, 5.74) is 1.17. The number of thiazole rings is 1. The first-order chi connectivity index (χ1) is 9.70. The summed E-state index contributed by atoms with van der Waals surface area (Å²) in [5, 5.41) is 5.58. The molecule has 0 bridgehead atoms. The lowest BCUT2D eigenvalue weighted by Gasteiger charge is -2.15. The molecular formula is C15H16N2OS2. The lowest BCUT2D eigenvalue weighted by molar-refractivity contribution is -0.111. The molecule has 1 aliphatic carbocycles. The fourth-order valence-corrected chi connectivity index (χ4v) is 4.08. The summed E-state index contributed by atoms with van der Waals surface area (Å²) in [6, 6.07) is 3.95. The van der Waals surface area contributed by atoms with Crippen LogP contribution in [-0.2, 0) is 17.6 Å². The number of aryl methyl sites for hydroxylation is 1. The molecule has 0 saturated heterocycles. The van der Waals surface area contributed by atoms with Gasteiger partial charge in [-0.1, -0.05) is 13.0 Å². The largest absolute Gasteiger partial charge is 0.298 e. The van der Waals surface area contributed by atoms with E-state index in [0.29, 0.717) is 0 Å². The number of carbonyl (C=O) groups excluding carboxylic acids is 1. The third-order valence-electron chi connectivity index (χ3n) is 3.36. The summed E-state index contributed by atoms with van der Waals surface area (Å²) < 4.78 is 0. The van der Waals surface area contributed by atoms with Gasteiger partial charge in [0.15, 0.2) is 5.13 Å². The molecule has 1 N–H and O–H groups in total. The van der Waals surface area contributed by atoms with Crippen molar-refractivity contribution in [1.82, 2.24) is 4.98 Å². The van der Waals surface area contributed by atoms with Gasteiger partial charge in [0, 0.05) is 15.8 Å². The zero-order valence-electron chi connectivity index (χ0n) is 11.3. The maximum absolute atomic E-state index is 11.9. The first-order valence-electron chi connectivity index (χ1n) is 6.72. The predicted octanol–water partition coefficient (Wildman–Crippen LogP) is 3.98. The van der Waals surface area contributed by atoms with Crippen LogP contribution in [-0.4, -0.2) is 10.9 Å². The molecule has 2 aromatic rings. The summed E-state index contributed by atoms with van der Waals surface area (Å²) in [7, 11) is 0.